The molecular weight excluding hydrogens is 126 g/mol. The summed E-state index contributed by atoms with van der Waals surface area (Å²) in [5, 5.41) is 7.57. The monoisotopic (exact) mass is 147 g/mol. The Kier molecular flexibility index (Phi) is 20.1. The molecule has 3 N–H and O–H groups in total. The van der Waals surface area contributed by atoms with Crippen LogP contribution in [-0.4, -0.2) is 18.3 Å². The molecule has 2 nitrogen and oxygen atoms in total. The molecular formula is C8H21NO. The SMILES string of the molecule is CCCCCCN.CCO. The fourth-order valence-electron chi connectivity index (χ4n) is 0.571. The molecule has 0 aliphatic rings. The molecule has 2 heteroatoms. The Labute approximate surface area is 64.4 Å². The van der Waals surface area contributed by atoms with Crippen LogP contribution in [0, 0.1) is 0 Å². The standard InChI is InChI=1S/C6H15N.C2H6O/c1-2-3-4-5-6-7;1-2-3/h2-7H2,1H3;3H,2H2,1H3. The molecule has 0 aliphatic carbocycles. The highest BCUT2D eigenvalue weighted by Crippen LogP contribution is 1.95. The maximum Gasteiger partial charge on any atom is 0.0402 e. The Bertz CT molecular complexity index is 36.2. The van der Waals surface area contributed by atoms with Crippen LogP contribution in [0.25, 0.3) is 0 Å². The Morgan fingerprint density at radius 1 is 1.10 bits per heavy atom. The average Bonchev–Trinajstić information content (AvgIpc) is 1.91. The largest absolute Gasteiger partial charge is 0.397 e. The van der Waals surface area contributed by atoms with Crippen LogP contribution in [0.5, 0.6) is 0 Å². The zero-order chi connectivity index (χ0) is 8.24. The third-order valence-electron chi connectivity index (χ3n) is 1.06. The van der Waals surface area contributed by atoms with Gasteiger partial charge in [-0.15, -0.1) is 0 Å². The molecule has 0 saturated heterocycles. The molecule has 0 atom stereocenters. The zero-order valence-electron chi connectivity index (χ0n) is 7.27. The molecule has 0 aromatic rings. The molecule has 0 unspecified atom stereocenters. The Balaban J connectivity index is 0. The topological polar surface area (TPSA) is 46.2 Å². The van der Waals surface area contributed by atoms with E-state index in [9.17, 15) is 0 Å². The van der Waals surface area contributed by atoms with Crippen LogP contribution in [0.3, 0.4) is 0 Å². The molecule has 0 aromatic heterocycles. The van der Waals surface area contributed by atoms with Gasteiger partial charge in [-0.05, 0) is 19.9 Å². The van der Waals surface area contributed by atoms with Gasteiger partial charge in [-0.25, -0.2) is 0 Å². The van der Waals surface area contributed by atoms with E-state index < -0.39 is 0 Å². The maximum atomic E-state index is 7.57. The Morgan fingerprint density at radius 3 is 1.90 bits per heavy atom. The van der Waals surface area contributed by atoms with Gasteiger partial charge in [-0.1, -0.05) is 26.2 Å². The molecule has 0 heterocycles. The minimum atomic E-state index is 0.250. The minimum absolute atomic E-state index is 0.250. The lowest BCUT2D eigenvalue weighted by atomic mass is 10.2. The van der Waals surface area contributed by atoms with E-state index in [1.165, 1.54) is 25.7 Å². The number of unbranched alkanes of at least 4 members (excludes halogenated alkanes) is 3. The second kappa shape index (κ2) is 16.0. The molecule has 0 saturated carbocycles. The number of aliphatic hydroxyl groups excluding tert-OH is 1. The summed E-state index contributed by atoms with van der Waals surface area (Å²) < 4.78 is 0. The molecule has 0 radical (unpaired) electrons. The van der Waals surface area contributed by atoms with Gasteiger partial charge in [0.25, 0.3) is 0 Å². The molecule has 64 valence electrons. The molecule has 10 heavy (non-hydrogen) atoms. The summed E-state index contributed by atoms with van der Waals surface area (Å²) in [4.78, 5) is 0. The van der Waals surface area contributed by atoms with Crippen LogP contribution in [0.15, 0.2) is 0 Å². The van der Waals surface area contributed by atoms with Crippen molar-refractivity contribution < 1.29 is 5.11 Å². The highest BCUT2D eigenvalue weighted by molar-refractivity contribution is 4.38. The van der Waals surface area contributed by atoms with E-state index in [4.69, 9.17) is 10.8 Å². The number of nitrogens with two attached hydrogens (primary N) is 1. The van der Waals surface area contributed by atoms with Crippen LogP contribution in [0.4, 0.5) is 0 Å². The fourth-order valence-corrected chi connectivity index (χ4v) is 0.571. The van der Waals surface area contributed by atoms with Crippen LogP contribution in [0.1, 0.15) is 39.5 Å². The third-order valence-corrected chi connectivity index (χ3v) is 1.06. The van der Waals surface area contributed by atoms with E-state index >= 15 is 0 Å². The highest BCUT2D eigenvalue weighted by Gasteiger charge is 1.80. The van der Waals surface area contributed by atoms with Gasteiger partial charge in [-0.3, -0.25) is 0 Å². The molecule has 0 spiro atoms. The quantitative estimate of drug-likeness (QED) is 0.592. The second-order valence-electron chi connectivity index (χ2n) is 2.17. The highest BCUT2D eigenvalue weighted by atomic mass is 16.2. The lowest BCUT2D eigenvalue weighted by Crippen LogP contribution is -1.97. The van der Waals surface area contributed by atoms with Gasteiger partial charge < -0.3 is 10.8 Å². The van der Waals surface area contributed by atoms with E-state index in [0.29, 0.717) is 0 Å². The first-order chi connectivity index (χ1) is 4.83. The van der Waals surface area contributed by atoms with Crippen molar-refractivity contribution in [3.8, 4) is 0 Å². The summed E-state index contributed by atoms with van der Waals surface area (Å²) in [5.41, 5.74) is 5.27. The van der Waals surface area contributed by atoms with Gasteiger partial charge in [-0.2, -0.15) is 0 Å². The number of aliphatic hydroxyl groups is 1. The fraction of sp³-hybridized carbons (Fsp3) is 1.00. The Hall–Kier alpha value is -0.0800. The smallest absolute Gasteiger partial charge is 0.0402 e. The Morgan fingerprint density at radius 2 is 1.60 bits per heavy atom. The van der Waals surface area contributed by atoms with E-state index in [1.54, 1.807) is 6.92 Å². The number of hydrogen-bond donors (Lipinski definition) is 2. The van der Waals surface area contributed by atoms with Crippen molar-refractivity contribution in [3.05, 3.63) is 0 Å². The molecule has 0 aromatic carbocycles. The van der Waals surface area contributed by atoms with Crippen molar-refractivity contribution in [2.45, 2.75) is 39.5 Å². The maximum absolute atomic E-state index is 7.57. The van der Waals surface area contributed by atoms with Gasteiger partial charge in [0.15, 0.2) is 0 Å². The first kappa shape index (κ1) is 12.6. The van der Waals surface area contributed by atoms with E-state index in [-0.39, 0.29) is 6.61 Å². The van der Waals surface area contributed by atoms with Gasteiger partial charge in [0, 0.05) is 6.61 Å². The summed E-state index contributed by atoms with van der Waals surface area (Å²) in [6, 6.07) is 0. The van der Waals surface area contributed by atoms with Crippen molar-refractivity contribution in [2.75, 3.05) is 13.2 Å². The zero-order valence-corrected chi connectivity index (χ0v) is 7.27. The summed E-state index contributed by atoms with van der Waals surface area (Å²) >= 11 is 0. The van der Waals surface area contributed by atoms with E-state index in [2.05, 4.69) is 6.92 Å². The second-order valence-corrected chi connectivity index (χ2v) is 2.17. The predicted octanol–water partition coefficient (Wildman–Crippen LogP) is 1.52. The van der Waals surface area contributed by atoms with Crippen LogP contribution in [-0.2, 0) is 0 Å². The normalized spacial score (nSPS) is 8.40. The first-order valence-electron chi connectivity index (χ1n) is 4.14. The average molecular weight is 147 g/mol. The van der Waals surface area contributed by atoms with Crippen molar-refractivity contribution >= 4 is 0 Å². The van der Waals surface area contributed by atoms with Gasteiger partial charge >= 0.3 is 0 Å². The summed E-state index contributed by atoms with van der Waals surface area (Å²) in [5.74, 6) is 0. The lowest BCUT2D eigenvalue weighted by molar-refractivity contribution is 0.318. The van der Waals surface area contributed by atoms with Crippen molar-refractivity contribution in [1.82, 2.24) is 0 Å². The molecule has 0 amide bonds. The van der Waals surface area contributed by atoms with Gasteiger partial charge in [0.1, 0.15) is 0 Å². The van der Waals surface area contributed by atoms with Gasteiger partial charge in [0.05, 0.1) is 0 Å². The first-order valence-corrected chi connectivity index (χ1v) is 4.14. The van der Waals surface area contributed by atoms with Crippen LogP contribution in [0.2, 0.25) is 0 Å². The van der Waals surface area contributed by atoms with Crippen molar-refractivity contribution in [2.24, 2.45) is 5.73 Å². The molecule has 0 rings (SSSR count). The van der Waals surface area contributed by atoms with Crippen molar-refractivity contribution in [1.29, 1.82) is 0 Å². The van der Waals surface area contributed by atoms with Crippen LogP contribution >= 0.6 is 0 Å². The molecule has 0 bridgehead atoms. The lowest BCUT2D eigenvalue weighted by Gasteiger charge is -1.90. The third kappa shape index (κ3) is 24.7. The van der Waals surface area contributed by atoms with Gasteiger partial charge in [0.2, 0.25) is 0 Å². The molecule has 0 aliphatic heterocycles. The van der Waals surface area contributed by atoms with Crippen LogP contribution < -0.4 is 5.73 Å². The van der Waals surface area contributed by atoms with E-state index in [0.717, 1.165) is 6.54 Å². The molecule has 0 fully saturated rings. The summed E-state index contributed by atoms with van der Waals surface area (Å²) in [7, 11) is 0. The predicted molar refractivity (Wildman–Crippen MR) is 46.0 cm³/mol. The van der Waals surface area contributed by atoms with E-state index in [1.807, 2.05) is 0 Å². The number of hydrogen-bond acceptors (Lipinski definition) is 2. The summed E-state index contributed by atoms with van der Waals surface area (Å²) in [6.45, 7) is 5.00. The summed E-state index contributed by atoms with van der Waals surface area (Å²) in [6.07, 6.45) is 5.16. The number of rotatable bonds is 4. The minimum Gasteiger partial charge on any atom is -0.397 e. The van der Waals surface area contributed by atoms with Crippen molar-refractivity contribution in [3.63, 3.8) is 0 Å².